The smallest absolute Gasteiger partial charge is 0.134 e. The Balaban J connectivity index is 2.00. The van der Waals surface area contributed by atoms with Gasteiger partial charge in [0.1, 0.15) is 11.6 Å². The van der Waals surface area contributed by atoms with Crippen LogP contribution in [-0.4, -0.2) is 0 Å². The molecule has 0 bridgehead atoms. The van der Waals surface area contributed by atoms with Crippen LogP contribution in [0.15, 0.2) is 59.5 Å². The van der Waals surface area contributed by atoms with Gasteiger partial charge >= 0.3 is 0 Å². The number of thiol groups is 1. The Kier molecular flexibility index (Phi) is 3.64. The van der Waals surface area contributed by atoms with Crippen LogP contribution < -0.4 is 0 Å². The molecule has 2 aromatic carbocycles. The highest BCUT2D eigenvalue weighted by molar-refractivity contribution is 8.26. The van der Waals surface area contributed by atoms with E-state index >= 15 is 0 Å². The van der Waals surface area contributed by atoms with Crippen LogP contribution in [0.1, 0.15) is 5.56 Å². The van der Waals surface area contributed by atoms with Crippen LogP contribution in [0.2, 0.25) is 5.02 Å². The first-order valence-electron chi connectivity index (χ1n) is 5.96. The lowest BCUT2D eigenvalue weighted by Gasteiger charge is -2.19. The average Bonchev–Trinajstić information content (AvgIpc) is 2.88. The Bertz CT molecular complexity index is 705. The maximum Gasteiger partial charge on any atom is 0.134 e. The summed E-state index contributed by atoms with van der Waals surface area (Å²) in [5.74, 6) is -1.12. The van der Waals surface area contributed by atoms with Crippen molar-refractivity contribution in [2.75, 3.05) is 0 Å². The molecule has 101 valence electrons. The molecule has 0 saturated heterocycles. The third-order valence-electron chi connectivity index (χ3n) is 2.98. The molecule has 0 amide bonds. The van der Waals surface area contributed by atoms with Crippen molar-refractivity contribution < 1.29 is 8.78 Å². The first kappa shape index (κ1) is 13.4. The second kappa shape index (κ2) is 5.43. The van der Waals surface area contributed by atoms with E-state index < -0.39 is 22.5 Å². The molecule has 20 heavy (non-hydrogen) atoms. The SMILES string of the molecule is Fc1ccc(C2=CC=[C][SH]2c2ccc(Cl)cc2)c(F)c1. The van der Waals surface area contributed by atoms with Gasteiger partial charge in [0.15, 0.2) is 0 Å². The highest BCUT2D eigenvalue weighted by Gasteiger charge is 2.18. The summed E-state index contributed by atoms with van der Waals surface area (Å²) in [5.41, 5.74) is 0.425. The number of hydrogen-bond donors (Lipinski definition) is 1. The van der Waals surface area contributed by atoms with Gasteiger partial charge in [0, 0.05) is 27.0 Å². The second-order valence-corrected chi connectivity index (χ2v) is 6.65. The highest BCUT2D eigenvalue weighted by atomic mass is 35.5. The Morgan fingerprint density at radius 1 is 1.00 bits per heavy atom. The van der Waals surface area contributed by atoms with E-state index in [4.69, 9.17) is 11.6 Å². The van der Waals surface area contributed by atoms with E-state index in [2.05, 4.69) is 5.41 Å². The quantitative estimate of drug-likeness (QED) is 0.710. The van der Waals surface area contributed by atoms with Gasteiger partial charge in [-0.25, -0.2) is 8.78 Å². The van der Waals surface area contributed by atoms with Crippen LogP contribution in [0.25, 0.3) is 4.91 Å². The predicted octanol–water partition coefficient (Wildman–Crippen LogP) is 5.35. The molecule has 4 heteroatoms. The fraction of sp³-hybridized carbons (Fsp3) is 0. The third kappa shape index (κ3) is 2.51. The summed E-state index contributed by atoms with van der Waals surface area (Å²) in [5, 5.41) is 3.88. The third-order valence-corrected chi connectivity index (χ3v) is 5.32. The monoisotopic (exact) mass is 307 g/mol. The fourth-order valence-electron chi connectivity index (χ4n) is 2.05. The summed E-state index contributed by atoms with van der Waals surface area (Å²) in [6, 6.07) is 11.1. The van der Waals surface area contributed by atoms with Gasteiger partial charge in [0.2, 0.25) is 0 Å². The van der Waals surface area contributed by atoms with Gasteiger partial charge in [-0.15, -0.1) is 0 Å². The van der Waals surface area contributed by atoms with E-state index in [1.807, 2.05) is 18.2 Å². The lowest BCUT2D eigenvalue weighted by molar-refractivity contribution is 0.581. The molecule has 3 rings (SSSR count). The molecule has 0 aliphatic carbocycles. The first-order chi connectivity index (χ1) is 9.65. The minimum Gasteiger partial charge on any atom is -0.207 e. The standard InChI is InChI=1S/C16H10ClF2S/c17-11-3-6-13(7-4-11)20-9-1-2-16(20)14-8-5-12(18)10-15(14)19/h1-8,10,20H. The molecule has 2 aromatic rings. The molecule has 0 N–H and O–H groups in total. The van der Waals surface area contributed by atoms with Crippen molar-refractivity contribution in [3.63, 3.8) is 0 Å². The van der Waals surface area contributed by atoms with Gasteiger partial charge in [0.25, 0.3) is 0 Å². The topological polar surface area (TPSA) is 0 Å². The minimum atomic E-state index is -0.884. The van der Waals surface area contributed by atoms with Crippen LogP contribution in [-0.2, 0) is 0 Å². The van der Waals surface area contributed by atoms with Crippen molar-refractivity contribution in [1.82, 2.24) is 0 Å². The van der Waals surface area contributed by atoms with Gasteiger partial charge in [-0.1, -0.05) is 11.6 Å². The van der Waals surface area contributed by atoms with Crippen LogP contribution >= 0.6 is 22.5 Å². The van der Waals surface area contributed by atoms with Crippen LogP contribution in [0.3, 0.4) is 0 Å². The average molecular weight is 308 g/mol. The van der Waals surface area contributed by atoms with Gasteiger partial charge in [0.05, 0.1) is 0 Å². The molecule has 1 heterocycles. The lowest BCUT2D eigenvalue weighted by Crippen LogP contribution is -1.91. The zero-order valence-corrected chi connectivity index (χ0v) is 11.9. The predicted molar refractivity (Wildman–Crippen MR) is 80.9 cm³/mol. The number of allylic oxidation sites excluding steroid dienone is 2. The molecule has 0 aromatic heterocycles. The highest BCUT2D eigenvalue weighted by Crippen LogP contribution is 2.53. The van der Waals surface area contributed by atoms with Crippen molar-refractivity contribution in [3.05, 3.63) is 82.2 Å². The molecule has 0 nitrogen and oxygen atoms in total. The summed E-state index contributed by atoms with van der Waals surface area (Å²) in [6.07, 6.45) is 3.62. The molecule has 1 radical (unpaired) electrons. The maximum absolute atomic E-state index is 13.9. The normalized spacial score (nSPS) is 19.1. The number of rotatable bonds is 2. The van der Waals surface area contributed by atoms with E-state index in [1.54, 1.807) is 18.2 Å². The fourth-order valence-corrected chi connectivity index (χ4v) is 4.06. The summed E-state index contributed by atoms with van der Waals surface area (Å²) in [6.45, 7) is 0. The lowest BCUT2D eigenvalue weighted by atomic mass is 10.2. The molecule has 0 saturated carbocycles. The van der Waals surface area contributed by atoms with Gasteiger partial charge in [-0.05, 0) is 53.4 Å². The molecule has 0 spiro atoms. The summed E-state index contributed by atoms with van der Waals surface area (Å²) >= 11 is 5.88. The van der Waals surface area contributed by atoms with E-state index in [1.165, 1.54) is 12.1 Å². The maximum atomic E-state index is 13.9. The van der Waals surface area contributed by atoms with Crippen molar-refractivity contribution in [1.29, 1.82) is 0 Å². The number of hydrogen-bond acceptors (Lipinski definition) is 0. The molecule has 1 aliphatic rings. The van der Waals surface area contributed by atoms with Crippen LogP contribution in [0.4, 0.5) is 8.78 Å². The van der Waals surface area contributed by atoms with Gasteiger partial charge in [-0.3, -0.25) is 0 Å². The van der Waals surface area contributed by atoms with E-state index in [0.29, 0.717) is 10.6 Å². The minimum absolute atomic E-state index is 0.425. The Labute approximate surface area is 123 Å². The molecule has 0 fully saturated rings. The summed E-state index contributed by atoms with van der Waals surface area (Å²) in [4.78, 5) is 1.87. The molecule has 1 unspecified atom stereocenters. The molecule has 1 aliphatic heterocycles. The van der Waals surface area contributed by atoms with Crippen molar-refractivity contribution in [2.45, 2.75) is 4.90 Å². The zero-order valence-electron chi connectivity index (χ0n) is 10.3. The Hall–Kier alpha value is -1.58. The zero-order chi connectivity index (χ0) is 14.1. The van der Waals surface area contributed by atoms with Crippen LogP contribution in [0.5, 0.6) is 0 Å². The van der Waals surface area contributed by atoms with Crippen LogP contribution in [0, 0.1) is 17.0 Å². The Morgan fingerprint density at radius 2 is 1.75 bits per heavy atom. The van der Waals surface area contributed by atoms with Crippen molar-refractivity contribution in [3.8, 4) is 0 Å². The second-order valence-electron chi connectivity index (χ2n) is 4.28. The number of halogens is 3. The number of benzene rings is 2. The van der Waals surface area contributed by atoms with E-state index in [-0.39, 0.29) is 0 Å². The molecular weight excluding hydrogens is 298 g/mol. The Morgan fingerprint density at radius 3 is 2.45 bits per heavy atom. The van der Waals surface area contributed by atoms with Gasteiger partial charge < -0.3 is 0 Å². The van der Waals surface area contributed by atoms with E-state index in [0.717, 1.165) is 15.9 Å². The first-order valence-corrected chi connectivity index (χ1v) is 7.68. The van der Waals surface area contributed by atoms with Crippen molar-refractivity contribution in [2.24, 2.45) is 0 Å². The molecular formula is C16H10ClF2S. The van der Waals surface area contributed by atoms with Crippen molar-refractivity contribution >= 4 is 27.4 Å². The summed E-state index contributed by atoms with van der Waals surface area (Å²) < 4.78 is 26.9. The largest absolute Gasteiger partial charge is 0.207 e. The summed E-state index contributed by atoms with van der Waals surface area (Å²) in [7, 11) is -0.884. The van der Waals surface area contributed by atoms with E-state index in [9.17, 15) is 8.78 Å². The molecule has 1 atom stereocenters. The van der Waals surface area contributed by atoms with Gasteiger partial charge in [-0.2, -0.15) is 10.9 Å².